The fourth-order valence-electron chi connectivity index (χ4n) is 3.80. The van der Waals surface area contributed by atoms with E-state index in [9.17, 15) is 4.79 Å². The minimum Gasteiger partial charge on any atom is -0.339 e. The third kappa shape index (κ3) is 4.44. The van der Waals surface area contributed by atoms with E-state index in [1.165, 1.54) is 5.56 Å². The first-order chi connectivity index (χ1) is 12.6. The van der Waals surface area contributed by atoms with Crippen molar-refractivity contribution in [3.63, 3.8) is 0 Å². The predicted molar refractivity (Wildman–Crippen MR) is 106 cm³/mol. The summed E-state index contributed by atoms with van der Waals surface area (Å²) < 4.78 is 0. The van der Waals surface area contributed by atoms with E-state index in [1.807, 2.05) is 26.2 Å². The van der Waals surface area contributed by atoms with Gasteiger partial charge in [-0.05, 0) is 56.9 Å². The maximum atomic E-state index is 12.8. The monoisotopic (exact) mass is 369 g/mol. The van der Waals surface area contributed by atoms with Crippen LogP contribution in [0.4, 0.5) is 0 Å². The molecule has 1 aromatic heterocycles. The van der Waals surface area contributed by atoms with E-state index >= 15 is 0 Å². The molecule has 1 fully saturated rings. The molecule has 1 aromatic carbocycles. The van der Waals surface area contributed by atoms with Gasteiger partial charge in [0.1, 0.15) is 0 Å². The van der Waals surface area contributed by atoms with Crippen LogP contribution in [0.5, 0.6) is 0 Å². The Morgan fingerprint density at radius 1 is 1.19 bits per heavy atom. The lowest BCUT2D eigenvalue weighted by atomic mass is 10.0. The molecule has 3 rings (SSSR count). The van der Waals surface area contributed by atoms with Crippen LogP contribution in [-0.4, -0.2) is 39.6 Å². The van der Waals surface area contributed by atoms with Crippen LogP contribution in [0.3, 0.4) is 0 Å². The van der Waals surface area contributed by atoms with E-state index in [2.05, 4.69) is 39.1 Å². The second-order valence-corrected chi connectivity index (χ2v) is 7.71. The molecule has 1 saturated heterocycles. The SMILES string of the molecule is CSc1nc(C)c(CCC(=O)N2CCCC2Cc2ccccc2)c(C)n1. The highest BCUT2D eigenvalue weighted by atomic mass is 32.2. The predicted octanol–water partition coefficient (Wildman–Crippen LogP) is 3.98. The normalized spacial score (nSPS) is 16.9. The van der Waals surface area contributed by atoms with Crippen molar-refractivity contribution in [1.29, 1.82) is 0 Å². The fraction of sp³-hybridized carbons (Fsp3) is 0.476. The third-order valence-electron chi connectivity index (χ3n) is 5.18. The van der Waals surface area contributed by atoms with Crippen molar-refractivity contribution in [2.24, 2.45) is 0 Å². The molecule has 1 aliphatic heterocycles. The second-order valence-electron chi connectivity index (χ2n) is 6.93. The Labute approximate surface area is 160 Å². The minimum absolute atomic E-state index is 0.260. The molecule has 26 heavy (non-hydrogen) atoms. The van der Waals surface area contributed by atoms with Crippen LogP contribution in [-0.2, 0) is 17.6 Å². The van der Waals surface area contributed by atoms with Crippen molar-refractivity contribution < 1.29 is 4.79 Å². The zero-order valence-electron chi connectivity index (χ0n) is 15.9. The lowest BCUT2D eigenvalue weighted by Gasteiger charge is -2.25. The Kier molecular flexibility index (Phi) is 6.30. The highest BCUT2D eigenvalue weighted by Gasteiger charge is 2.28. The summed E-state index contributed by atoms with van der Waals surface area (Å²) in [4.78, 5) is 24.0. The van der Waals surface area contributed by atoms with Crippen LogP contribution in [0.2, 0.25) is 0 Å². The number of likely N-dealkylation sites (tertiary alicyclic amines) is 1. The Hall–Kier alpha value is -1.88. The number of thioether (sulfide) groups is 1. The molecule has 5 heteroatoms. The topological polar surface area (TPSA) is 46.1 Å². The standard InChI is InChI=1S/C21H27N3OS/c1-15-19(16(2)23-21(22-15)26-3)11-12-20(25)24-13-7-10-18(24)14-17-8-5-4-6-9-17/h4-6,8-9,18H,7,10-14H2,1-3H3. The first-order valence-corrected chi connectivity index (χ1v) is 10.5. The molecule has 0 spiro atoms. The summed E-state index contributed by atoms with van der Waals surface area (Å²) in [7, 11) is 0. The van der Waals surface area contributed by atoms with Crippen LogP contribution in [0.15, 0.2) is 35.5 Å². The Morgan fingerprint density at radius 3 is 2.54 bits per heavy atom. The van der Waals surface area contributed by atoms with E-state index in [0.717, 1.165) is 54.3 Å². The van der Waals surface area contributed by atoms with Gasteiger partial charge in [0.2, 0.25) is 5.91 Å². The van der Waals surface area contributed by atoms with Gasteiger partial charge in [0.25, 0.3) is 0 Å². The van der Waals surface area contributed by atoms with Crippen molar-refractivity contribution in [1.82, 2.24) is 14.9 Å². The summed E-state index contributed by atoms with van der Waals surface area (Å²) in [6.45, 7) is 4.92. The second kappa shape index (κ2) is 8.67. The summed E-state index contributed by atoms with van der Waals surface area (Å²) in [6, 6.07) is 10.8. The first kappa shape index (κ1) is 18.9. The molecule has 0 radical (unpaired) electrons. The Balaban J connectivity index is 1.62. The first-order valence-electron chi connectivity index (χ1n) is 9.30. The molecular weight excluding hydrogens is 342 g/mol. The maximum Gasteiger partial charge on any atom is 0.223 e. The van der Waals surface area contributed by atoms with Crippen molar-refractivity contribution >= 4 is 17.7 Å². The van der Waals surface area contributed by atoms with Gasteiger partial charge in [-0.25, -0.2) is 9.97 Å². The van der Waals surface area contributed by atoms with E-state index in [0.29, 0.717) is 12.5 Å². The van der Waals surface area contributed by atoms with Gasteiger partial charge in [-0.2, -0.15) is 0 Å². The number of carbonyl (C=O) groups excluding carboxylic acids is 1. The van der Waals surface area contributed by atoms with Crippen LogP contribution < -0.4 is 0 Å². The molecule has 0 saturated carbocycles. The van der Waals surface area contributed by atoms with Crippen molar-refractivity contribution in [3.8, 4) is 0 Å². The van der Waals surface area contributed by atoms with Crippen LogP contribution in [0.25, 0.3) is 0 Å². The van der Waals surface area contributed by atoms with Crippen molar-refractivity contribution in [3.05, 3.63) is 52.8 Å². The number of aromatic nitrogens is 2. The summed E-state index contributed by atoms with van der Waals surface area (Å²) in [5.41, 5.74) is 4.42. The highest BCUT2D eigenvalue weighted by Crippen LogP contribution is 2.23. The molecule has 0 bridgehead atoms. The van der Waals surface area contributed by atoms with E-state index in [4.69, 9.17) is 0 Å². The molecular formula is C21H27N3OS. The molecule has 2 aromatic rings. The third-order valence-corrected chi connectivity index (χ3v) is 5.73. The molecule has 0 aliphatic carbocycles. The number of carbonyl (C=O) groups is 1. The van der Waals surface area contributed by atoms with Crippen LogP contribution in [0.1, 0.15) is 41.8 Å². The lowest BCUT2D eigenvalue weighted by Crippen LogP contribution is -2.37. The van der Waals surface area contributed by atoms with Crippen LogP contribution in [0, 0.1) is 13.8 Å². The van der Waals surface area contributed by atoms with E-state index in [1.54, 1.807) is 11.8 Å². The van der Waals surface area contributed by atoms with E-state index in [-0.39, 0.29) is 5.91 Å². The van der Waals surface area contributed by atoms with Crippen molar-refractivity contribution in [2.45, 2.75) is 57.1 Å². The summed E-state index contributed by atoms with van der Waals surface area (Å²) in [5.74, 6) is 0.260. The molecule has 138 valence electrons. The minimum atomic E-state index is 0.260. The summed E-state index contributed by atoms with van der Waals surface area (Å²) in [5, 5.41) is 0.803. The number of aryl methyl sites for hydroxylation is 2. The number of benzene rings is 1. The Bertz CT molecular complexity index is 740. The average Bonchev–Trinajstić information content (AvgIpc) is 3.09. The number of amides is 1. The molecule has 0 N–H and O–H groups in total. The summed E-state index contributed by atoms with van der Waals surface area (Å²) >= 11 is 1.55. The molecule has 2 heterocycles. The zero-order valence-corrected chi connectivity index (χ0v) is 16.7. The van der Waals surface area contributed by atoms with Gasteiger partial charge in [-0.1, -0.05) is 42.1 Å². The van der Waals surface area contributed by atoms with Gasteiger partial charge in [-0.15, -0.1) is 0 Å². The Morgan fingerprint density at radius 2 is 1.88 bits per heavy atom. The zero-order chi connectivity index (χ0) is 18.5. The van der Waals surface area contributed by atoms with Gasteiger partial charge in [-0.3, -0.25) is 4.79 Å². The molecule has 1 atom stereocenters. The average molecular weight is 370 g/mol. The maximum absolute atomic E-state index is 12.8. The number of hydrogen-bond acceptors (Lipinski definition) is 4. The van der Waals surface area contributed by atoms with Gasteiger partial charge >= 0.3 is 0 Å². The van der Waals surface area contributed by atoms with Crippen LogP contribution >= 0.6 is 11.8 Å². The van der Waals surface area contributed by atoms with E-state index < -0.39 is 0 Å². The fourth-order valence-corrected chi connectivity index (χ4v) is 4.26. The highest BCUT2D eigenvalue weighted by molar-refractivity contribution is 7.98. The van der Waals surface area contributed by atoms with Gasteiger partial charge in [0, 0.05) is 30.4 Å². The van der Waals surface area contributed by atoms with Crippen molar-refractivity contribution in [2.75, 3.05) is 12.8 Å². The van der Waals surface area contributed by atoms with Gasteiger partial charge in [0.15, 0.2) is 5.16 Å². The molecule has 4 nitrogen and oxygen atoms in total. The van der Waals surface area contributed by atoms with Gasteiger partial charge in [0.05, 0.1) is 0 Å². The number of nitrogens with zero attached hydrogens (tertiary/aromatic N) is 3. The number of hydrogen-bond donors (Lipinski definition) is 0. The smallest absolute Gasteiger partial charge is 0.223 e. The van der Waals surface area contributed by atoms with Gasteiger partial charge < -0.3 is 4.90 Å². The lowest BCUT2D eigenvalue weighted by molar-refractivity contribution is -0.131. The molecule has 1 amide bonds. The largest absolute Gasteiger partial charge is 0.339 e. The molecule has 1 unspecified atom stereocenters. The molecule has 1 aliphatic rings. The summed E-state index contributed by atoms with van der Waals surface area (Å²) in [6.07, 6.45) is 6.40. The quantitative estimate of drug-likeness (QED) is 0.571. The number of rotatable bonds is 6.